The topological polar surface area (TPSA) is 13.0 Å². The lowest BCUT2D eigenvalue weighted by Crippen LogP contribution is -2.53. The van der Waals surface area contributed by atoms with Crippen molar-refractivity contribution in [2.45, 2.75) is 32.4 Å². The molecule has 15 heteroatoms. The number of halogens is 11. The SMILES string of the molecule is CC(C)N1CCN(C(CN2CCN(CCC=C(c3cccc(F)c3)c3cccc(F)c3)CC2)c2ccc(F)cc2)CC1.Cl.Cl.Cl.Cl.Cl.Cl.Cl.Cl. The molecule has 288 valence electrons. The van der Waals surface area contributed by atoms with E-state index in [4.69, 9.17) is 0 Å². The lowest BCUT2D eigenvalue weighted by molar-refractivity contribution is 0.0484. The third-order valence-corrected chi connectivity index (χ3v) is 8.74. The zero-order valence-electron chi connectivity index (χ0n) is 28.1. The fourth-order valence-electron chi connectivity index (χ4n) is 6.23. The first-order valence-corrected chi connectivity index (χ1v) is 15.3. The van der Waals surface area contributed by atoms with E-state index in [1.807, 2.05) is 24.3 Å². The van der Waals surface area contributed by atoms with Crippen molar-refractivity contribution in [2.75, 3.05) is 65.4 Å². The molecule has 0 aliphatic carbocycles. The van der Waals surface area contributed by atoms with Gasteiger partial charge in [0.15, 0.2) is 0 Å². The van der Waals surface area contributed by atoms with Gasteiger partial charge in [-0.05, 0) is 78.9 Å². The third-order valence-electron chi connectivity index (χ3n) is 8.74. The van der Waals surface area contributed by atoms with Crippen molar-refractivity contribution in [3.05, 3.63) is 113 Å². The van der Waals surface area contributed by atoms with Gasteiger partial charge in [-0.1, -0.05) is 42.5 Å². The van der Waals surface area contributed by atoms with Crippen molar-refractivity contribution in [1.29, 1.82) is 0 Å². The predicted octanol–water partition coefficient (Wildman–Crippen LogP) is 9.68. The molecule has 2 aliphatic rings. The molecule has 2 saturated heterocycles. The summed E-state index contributed by atoms with van der Waals surface area (Å²) in [5.74, 6) is -0.791. The number of hydrogen-bond donors (Lipinski definition) is 0. The Morgan fingerprint density at radius 3 is 1.50 bits per heavy atom. The molecule has 2 fully saturated rings. The molecule has 0 spiro atoms. The van der Waals surface area contributed by atoms with Gasteiger partial charge in [0, 0.05) is 77.5 Å². The highest BCUT2D eigenvalue weighted by Gasteiger charge is 2.29. The molecule has 0 saturated carbocycles. The molecule has 2 heterocycles. The zero-order chi connectivity index (χ0) is 29.5. The smallest absolute Gasteiger partial charge is 0.123 e. The maximum absolute atomic E-state index is 14.0. The van der Waals surface area contributed by atoms with E-state index < -0.39 is 0 Å². The second kappa shape index (κ2) is 27.9. The molecule has 0 amide bonds. The first-order valence-electron chi connectivity index (χ1n) is 15.3. The number of benzene rings is 3. The Bertz CT molecular complexity index is 1290. The third kappa shape index (κ3) is 16.2. The maximum Gasteiger partial charge on any atom is 0.123 e. The standard InChI is InChI=1S/C35H43F3N4.8ClH/c1-27(2)41-20-22-42(23-21-41)35(28-11-13-31(36)14-12-28)26-40-18-16-39(17-19-40)15-5-10-34(29-6-3-8-32(37)24-29)30-7-4-9-33(38)25-30;;;;;;;;/h3-4,6-14,24-25,27,35H,5,15-23,26H2,1-2H3;8*1H. The largest absolute Gasteiger partial charge is 0.300 e. The van der Waals surface area contributed by atoms with E-state index >= 15 is 0 Å². The summed E-state index contributed by atoms with van der Waals surface area (Å²) in [6.45, 7) is 14.4. The van der Waals surface area contributed by atoms with Gasteiger partial charge >= 0.3 is 0 Å². The number of rotatable bonds is 10. The summed E-state index contributed by atoms with van der Waals surface area (Å²) in [5.41, 5.74) is 3.55. The second-order valence-electron chi connectivity index (χ2n) is 11.8. The summed E-state index contributed by atoms with van der Waals surface area (Å²) in [5, 5.41) is 0. The van der Waals surface area contributed by atoms with Crippen LogP contribution in [0.15, 0.2) is 78.9 Å². The Morgan fingerprint density at radius 1 is 0.580 bits per heavy atom. The van der Waals surface area contributed by atoms with Gasteiger partial charge < -0.3 is 4.90 Å². The van der Waals surface area contributed by atoms with Crippen LogP contribution >= 0.6 is 99.3 Å². The van der Waals surface area contributed by atoms with Crippen molar-refractivity contribution in [2.24, 2.45) is 0 Å². The quantitative estimate of drug-likeness (QED) is 0.201. The summed E-state index contributed by atoms with van der Waals surface area (Å²) in [4.78, 5) is 10.1. The fourth-order valence-corrected chi connectivity index (χ4v) is 6.23. The summed E-state index contributed by atoms with van der Waals surface area (Å²) in [6.07, 6.45) is 2.90. The molecule has 0 aromatic heterocycles. The van der Waals surface area contributed by atoms with Gasteiger partial charge in [0.1, 0.15) is 17.5 Å². The second-order valence-corrected chi connectivity index (χ2v) is 11.8. The van der Waals surface area contributed by atoms with Gasteiger partial charge in [0.25, 0.3) is 0 Å². The summed E-state index contributed by atoms with van der Waals surface area (Å²) < 4.78 is 41.8. The number of piperazine rings is 2. The summed E-state index contributed by atoms with van der Waals surface area (Å²) >= 11 is 0. The van der Waals surface area contributed by atoms with Crippen LogP contribution < -0.4 is 0 Å². The predicted molar refractivity (Wildman–Crippen MR) is 223 cm³/mol. The van der Waals surface area contributed by atoms with E-state index in [-0.39, 0.29) is 123 Å². The van der Waals surface area contributed by atoms with Crippen LogP contribution in [0, 0.1) is 17.5 Å². The van der Waals surface area contributed by atoms with E-state index in [2.05, 4.69) is 39.5 Å². The molecule has 0 bridgehead atoms. The highest BCUT2D eigenvalue weighted by Crippen LogP contribution is 2.27. The number of nitrogens with zero attached hydrogens (tertiary/aromatic N) is 4. The Kier molecular flexibility index (Phi) is 31.3. The maximum atomic E-state index is 14.0. The molecule has 2 aliphatic heterocycles. The zero-order valence-corrected chi connectivity index (χ0v) is 34.7. The highest BCUT2D eigenvalue weighted by molar-refractivity contribution is 5.86. The van der Waals surface area contributed by atoms with Crippen LogP contribution in [0.3, 0.4) is 0 Å². The molecular weight excluding hydrogens is 817 g/mol. The van der Waals surface area contributed by atoms with Crippen LogP contribution in [0.1, 0.15) is 43.0 Å². The van der Waals surface area contributed by atoms with Crippen molar-refractivity contribution < 1.29 is 13.2 Å². The van der Waals surface area contributed by atoms with Crippen LogP contribution in [0.5, 0.6) is 0 Å². The van der Waals surface area contributed by atoms with E-state index in [0.29, 0.717) is 6.04 Å². The lowest BCUT2D eigenvalue weighted by Gasteiger charge is -2.43. The molecule has 5 rings (SSSR count). The van der Waals surface area contributed by atoms with Crippen molar-refractivity contribution in [1.82, 2.24) is 19.6 Å². The molecule has 3 aromatic carbocycles. The molecule has 0 radical (unpaired) electrons. The summed E-state index contributed by atoms with van der Waals surface area (Å²) in [6, 6.07) is 20.9. The van der Waals surface area contributed by atoms with Crippen LogP contribution in [-0.4, -0.2) is 91.1 Å². The Balaban J connectivity index is -0.00000132. The minimum atomic E-state index is -0.299. The molecule has 1 atom stereocenters. The van der Waals surface area contributed by atoms with Gasteiger partial charge in [0.05, 0.1) is 0 Å². The van der Waals surface area contributed by atoms with Gasteiger partial charge in [0.2, 0.25) is 0 Å². The van der Waals surface area contributed by atoms with Gasteiger partial charge in [-0.3, -0.25) is 14.7 Å². The molecule has 50 heavy (non-hydrogen) atoms. The van der Waals surface area contributed by atoms with E-state index in [1.54, 1.807) is 24.3 Å². The fraction of sp³-hybridized carbons (Fsp3) is 0.429. The minimum Gasteiger partial charge on any atom is -0.300 e. The van der Waals surface area contributed by atoms with Crippen LogP contribution in [0.25, 0.3) is 5.57 Å². The monoisotopic (exact) mass is 864 g/mol. The molecular formula is C35H51Cl8F3N4. The average Bonchev–Trinajstić information content (AvgIpc) is 2.99. The lowest BCUT2D eigenvalue weighted by atomic mass is 9.96. The molecule has 1 unspecified atom stereocenters. The molecule has 3 aromatic rings. The first-order chi connectivity index (χ1) is 20.4. The molecule has 4 nitrogen and oxygen atoms in total. The van der Waals surface area contributed by atoms with Gasteiger partial charge in [-0.15, -0.1) is 99.3 Å². The molecule has 0 N–H and O–H groups in total. The summed E-state index contributed by atoms with van der Waals surface area (Å²) in [7, 11) is 0. The van der Waals surface area contributed by atoms with Crippen LogP contribution in [0.2, 0.25) is 0 Å². The Morgan fingerprint density at radius 2 is 1.04 bits per heavy atom. The van der Waals surface area contributed by atoms with E-state index in [9.17, 15) is 13.2 Å². The highest BCUT2D eigenvalue weighted by atomic mass is 35.5. The van der Waals surface area contributed by atoms with Crippen LogP contribution in [-0.2, 0) is 0 Å². The Labute approximate surface area is 346 Å². The minimum absolute atomic E-state index is 0. The van der Waals surface area contributed by atoms with Gasteiger partial charge in [-0.2, -0.15) is 0 Å². The van der Waals surface area contributed by atoms with Crippen molar-refractivity contribution >= 4 is 105 Å². The Hall–Kier alpha value is -0.650. The normalized spacial score (nSPS) is 15.4. The van der Waals surface area contributed by atoms with E-state index in [0.717, 1.165) is 88.6 Å². The first kappa shape index (κ1) is 56.1. The van der Waals surface area contributed by atoms with Crippen molar-refractivity contribution in [3.8, 4) is 0 Å². The van der Waals surface area contributed by atoms with Crippen molar-refractivity contribution in [3.63, 3.8) is 0 Å². The van der Waals surface area contributed by atoms with E-state index in [1.165, 1.54) is 29.8 Å². The van der Waals surface area contributed by atoms with Gasteiger partial charge in [-0.25, -0.2) is 13.2 Å². The van der Waals surface area contributed by atoms with Crippen LogP contribution in [0.4, 0.5) is 13.2 Å². The average molecular weight is 868 g/mol. The number of hydrogen-bond acceptors (Lipinski definition) is 4.